The second-order valence-corrected chi connectivity index (χ2v) is 7.10. The molecule has 1 saturated carbocycles. The molecule has 128 valence electrons. The highest BCUT2D eigenvalue weighted by atomic mass is 16.5. The number of benzene rings is 1. The zero-order valence-corrected chi connectivity index (χ0v) is 14.3. The van der Waals surface area contributed by atoms with Gasteiger partial charge in [0.1, 0.15) is 0 Å². The number of hydrogen-bond donors (Lipinski definition) is 0. The molecule has 1 aliphatic carbocycles. The maximum atomic E-state index is 5.86. The second-order valence-electron chi connectivity index (χ2n) is 7.10. The van der Waals surface area contributed by atoms with Crippen LogP contribution in [0.25, 0.3) is 0 Å². The van der Waals surface area contributed by atoms with Crippen LogP contribution in [0.1, 0.15) is 54.5 Å². The Labute approximate surface area is 143 Å². The highest BCUT2D eigenvalue weighted by molar-refractivity contribution is 5.22. The van der Waals surface area contributed by atoms with Gasteiger partial charge in [-0.3, -0.25) is 4.90 Å². The molecule has 0 spiro atoms. The molecule has 1 unspecified atom stereocenters. The van der Waals surface area contributed by atoms with E-state index in [1.165, 1.54) is 24.0 Å². The van der Waals surface area contributed by atoms with Crippen LogP contribution in [-0.2, 0) is 17.8 Å². The first-order valence-corrected chi connectivity index (χ1v) is 8.98. The molecule has 5 heteroatoms. The van der Waals surface area contributed by atoms with Gasteiger partial charge < -0.3 is 9.15 Å². The first-order chi connectivity index (χ1) is 11.8. The molecule has 4 rings (SSSR count). The van der Waals surface area contributed by atoms with Crippen molar-refractivity contribution in [2.24, 2.45) is 0 Å². The minimum absolute atomic E-state index is 0.320. The van der Waals surface area contributed by atoms with Crippen LogP contribution >= 0.6 is 0 Å². The van der Waals surface area contributed by atoms with E-state index in [0.29, 0.717) is 18.6 Å². The van der Waals surface area contributed by atoms with Gasteiger partial charge in [-0.25, -0.2) is 0 Å². The average Bonchev–Trinajstić information content (AvgIpc) is 3.09. The Morgan fingerprint density at radius 2 is 2.08 bits per heavy atom. The molecule has 0 radical (unpaired) electrons. The molecule has 2 fully saturated rings. The lowest BCUT2D eigenvalue weighted by atomic mass is 10.1. The van der Waals surface area contributed by atoms with E-state index >= 15 is 0 Å². The van der Waals surface area contributed by atoms with Crippen molar-refractivity contribution >= 4 is 0 Å². The van der Waals surface area contributed by atoms with Crippen LogP contribution in [0.3, 0.4) is 0 Å². The number of ether oxygens (including phenoxy) is 1. The van der Waals surface area contributed by atoms with Gasteiger partial charge in [0.05, 0.1) is 12.6 Å². The van der Waals surface area contributed by atoms with E-state index in [4.69, 9.17) is 9.15 Å². The van der Waals surface area contributed by atoms with Crippen molar-refractivity contribution < 1.29 is 9.15 Å². The standard InChI is InChI=1S/C19H25N3O2/c1-14-4-2-5-15(10-14)11-22(12-17-6-3-9-23-17)13-18-20-21-19(24-18)16-7-8-16/h2,4-5,10,16-17H,3,6-9,11-13H2,1H3. The Balaban J connectivity index is 1.45. The van der Waals surface area contributed by atoms with Gasteiger partial charge in [0.2, 0.25) is 11.8 Å². The molecular weight excluding hydrogens is 302 g/mol. The average molecular weight is 327 g/mol. The Bertz CT molecular complexity index is 675. The fourth-order valence-corrected chi connectivity index (χ4v) is 3.35. The van der Waals surface area contributed by atoms with E-state index in [9.17, 15) is 0 Å². The molecule has 0 N–H and O–H groups in total. The van der Waals surface area contributed by atoms with Crippen molar-refractivity contribution in [1.29, 1.82) is 0 Å². The Kier molecular flexibility index (Phi) is 4.63. The Morgan fingerprint density at radius 1 is 1.17 bits per heavy atom. The Morgan fingerprint density at radius 3 is 2.83 bits per heavy atom. The molecule has 1 aromatic heterocycles. The van der Waals surface area contributed by atoms with Crippen LogP contribution in [0.5, 0.6) is 0 Å². The molecule has 2 aliphatic rings. The van der Waals surface area contributed by atoms with Crippen molar-refractivity contribution in [2.75, 3.05) is 13.2 Å². The van der Waals surface area contributed by atoms with Gasteiger partial charge in [0, 0.05) is 25.6 Å². The van der Waals surface area contributed by atoms with E-state index in [-0.39, 0.29) is 0 Å². The molecule has 24 heavy (non-hydrogen) atoms. The van der Waals surface area contributed by atoms with E-state index in [2.05, 4.69) is 46.3 Å². The molecule has 0 bridgehead atoms. The van der Waals surface area contributed by atoms with Crippen molar-refractivity contribution in [3.63, 3.8) is 0 Å². The SMILES string of the molecule is Cc1cccc(CN(Cc2nnc(C3CC3)o2)CC2CCCO2)c1. The lowest BCUT2D eigenvalue weighted by molar-refractivity contribution is 0.0647. The third-order valence-corrected chi connectivity index (χ3v) is 4.74. The number of hydrogen-bond acceptors (Lipinski definition) is 5. The molecule has 2 aromatic rings. The van der Waals surface area contributed by atoms with E-state index in [0.717, 1.165) is 44.3 Å². The Hall–Kier alpha value is -1.72. The fraction of sp³-hybridized carbons (Fsp3) is 0.579. The molecule has 1 aromatic carbocycles. The van der Waals surface area contributed by atoms with Crippen LogP contribution in [0.15, 0.2) is 28.7 Å². The maximum absolute atomic E-state index is 5.86. The zero-order valence-electron chi connectivity index (χ0n) is 14.3. The monoisotopic (exact) mass is 327 g/mol. The number of nitrogens with zero attached hydrogens (tertiary/aromatic N) is 3. The number of rotatable bonds is 7. The summed E-state index contributed by atoms with van der Waals surface area (Å²) in [6.07, 6.45) is 4.99. The summed E-state index contributed by atoms with van der Waals surface area (Å²) in [7, 11) is 0. The first kappa shape index (κ1) is 15.8. The fourth-order valence-electron chi connectivity index (χ4n) is 3.35. The second kappa shape index (κ2) is 7.03. The third kappa shape index (κ3) is 4.02. The number of aryl methyl sites for hydroxylation is 1. The molecule has 0 amide bonds. The topological polar surface area (TPSA) is 51.4 Å². The van der Waals surface area contributed by atoms with Crippen molar-refractivity contribution in [3.8, 4) is 0 Å². The summed E-state index contributed by atoms with van der Waals surface area (Å²) in [4.78, 5) is 2.37. The van der Waals surface area contributed by atoms with Gasteiger partial charge in [0.15, 0.2) is 0 Å². The van der Waals surface area contributed by atoms with Gasteiger partial charge >= 0.3 is 0 Å². The van der Waals surface area contributed by atoms with Crippen molar-refractivity contribution in [2.45, 2.75) is 57.7 Å². The lowest BCUT2D eigenvalue weighted by Gasteiger charge is -2.24. The van der Waals surface area contributed by atoms with Gasteiger partial charge in [-0.15, -0.1) is 10.2 Å². The molecule has 5 nitrogen and oxygen atoms in total. The molecule has 1 atom stereocenters. The summed E-state index contributed by atoms with van der Waals surface area (Å²) in [6.45, 7) is 5.49. The summed E-state index contributed by atoms with van der Waals surface area (Å²) in [6, 6.07) is 8.67. The van der Waals surface area contributed by atoms with Crippen LogP contribution < -0.4 is 0 Å². The summed E-state index contributed by atoms with van der Waals surface area (Å²) in [5, 5.41) is 8.46. The van der Waals surface area contributed by atoms with Crippen molar-refractivity contribution in [1.82, 2.24) is 15.1 Å². The van der Waals surface area contributed by atoms with E-state index in [1.807, 2.05) is 0 Å². The maximum Gasteiger partial charge on any atom is 0.230 e. The van der Waals surface area contributed by atoms with Crippen LogP contribution in [0, 0.1) is 6.92 Å². The van der Waals surface area contributed by atoms with E-state index < -0.39 is 0 Å². The third-order valence-electron chi connectivity index (χ3n) is 4.74. The largest absolute Gasteiger partial charge is 0.424 e. The summed E-state index contributed by atoms with van der Waals surface area (Å²) >= 11 is 0. The summed E-state index contributed by atoms with van der Waals surface area (Å²) < 4.78 is 11.7. The van der Waals surface area contributed by atoms with Gasteiger partial charge in [-0.1, -0.05) is 29.8 Å². The quantitative estimate of drug-likeness (QED) is 0.780. The van der Waals surface area contributed by atoms with Crippen molar-refractivity contribution in [3.05, 3.63) is 47.2 Å². The molecule has 1 saturated heterocycles. The lowest BCUT2D eigenvalue weighted by Crippen LogP contribution is -2.31. The predicted octanol–water partition coefficient (Wildman–Crippen LogP) is 3.44. The molecular formula is C19H25N3O2. The van der Waals surface area contributed by atoms with Crippen LogP contribution in [-0.4, -0.2) is 34.4 Å². The normalized spacial score (nSPS) is 20.8. The van der Waals surface area contributed by atoms with Crippen LogP contribution in [0.2, 0.25) is 0 Å². The molecule has 2 heterocycles. The van der Waals surface area contributed by atoms with E-state index in [1.54, 1.807) is 0 Å². The summed E-state index contributed by atoms with van der Waals surface area (Å²) in [5.74, 6) is 2.05. The highest BCUT2D eigenvalue weighted by Gasteiger charge is 2.30. The smallest absolute Gasteiger partial charge is 0.230 e. The predicted molar refractivity (Wildman–Crippen MR) is 90.5 cm³/mol. The van der Waals surface area contributed by atoms with Crippen LogP contribution in [0.4, 0.5) is 0 Å². The minimum atomic E-state index is 0.320. The highest BCUT2D eigenvalue weighted by Crippen LogP contribution is 2.39. The number of aromatic nitrogens is 2. The van der Waals surface area contributed by atoms with Gasteiger partial charge in [-0.05, 0) is 38.2 Å². The first-order valence-electron chi connectivity index (χ1n) is 8.98. The van der Waals surface area contributed by atoms with Gasteiger partial charge in [0.25, 0.3) is 0 Å². The van der Waals surface area contributed by atoms with Gasteiger partial charge in [-0.2, -0.15) is 0 Å². The minimum Gasteiger partial charge on any atom is -0.424 e. The summed E-state index contributed by atoms with van der Waals surface area (Å²) in [5.41, 5.74) is 2.60. The molecule has 1 aliphatic heterocycles. The zero-order chi connectivity index (χ0) is 16.4.